The van der Waals surface area contributed by atoms with E-state index in [2.05, 4.69) is 39.1 Å². The third-order valence-electron chi connectivity index (χ3n) is 7.20. The molecule has 194 valence electrons. The number of ether oxygens (including phenoxy) is 1. The molecule has 0 bridgehead atoms. The second kappa shape index (κ2) is 12.1. The number of hydrogen-bond donors (Lipinski definition) is 1. The molecule has 5 nitrogen and oxygen atoms in total. The Balaban J connectivity index is 1.35. The molecule has 1 aliphatic carbocycles. The average molecular weight is 589 g/mol. The van der Waals surface area contributed by atoms with Crippen molar-refractivity contribution in [3.63, 3.8) is 0 Å². The number of amides is 1. The second-order valence-electron chi connectivity index (χ2n) is 9.78. The van der Waals surface area contributed by atoms with Gasteiger partial charge in [0.1, 0.15) is 12.4 Å². The number of thioether (sulfide) groups is 1. The lowest BCUT2D eigenvalue weighted by Crippen LogP contribution is -2.48. The van der Waals surface area contributed by atoms with E-state index in [-0.39, 0.29) is 17.4 Å². The van der Waals surface area contributed by atoms with Crippen molar-refractivity contribution >= 4 is 45.4 Å². The molecule has 38 heavy (non-hydrogen) atoms. The fraction of sp³-hybridized carbons (Fsp3) is 0.290. The van der Waals surface area contributed by atoms with Crippen molar-refractivity contribution in [2.45, 2.75) is 50.8 Å². The van der Waals surface area contributed by atoms with E-state index < -0.39 is 0 Å². The molecule has 1 heterocycles. The molecule has 1 aliphatic heterocycles. The SMILES string of the molecule is C[C@H]1CCCC[C@H]1N1C(=O)/C(=C/c2ccc(OCc3ccccc3C#N)c(Br)c2)SC1Nc1ccccc1. The predicted molar refractivity (Wildman–Crippen MR) is 157 cm³/mol. The van der Waals surface area contributed by atoms with Gasteiger partial charge in [0.2, 0.25) is 0 Å². The Bertz CT molecular complexity index is 1370. The molecule has 1 saturated carbocycles. The summed E-state index contributed by atoms with van der Waals surface area (Å²) in [6.07, 6.45) is 6.56. The van der Waals surface area contributed by atoms with E-state index in [9.17, 15) is 10.1 Å². The van der Waals surface area contributed by atoms with E-state index in [0.717, 1.165) is 45.5 Å². The smallest absolute Gasteiger partial charge is 0.262 e. The van der Waals surface area contributed by atoms with E-state index in [1.807, 2.05) is 72.8 Å². The zero-order valence-electron chi connectivity index (χ0n) is 21.3. The maximum absolute atomic E-state index is 13.8. The number of para-hydroxylation sites is 1. The summed E-state index contributed by atoms with van der Waals surface area (Å²) in [5.74, 6) is 1.25. The number of anilines is 1. The molecule has 1 N–H and O–H groups in total. The number of carbonyl (C=O) groups is 1. The molecule has 1 unspecified atom stereocenters. The standard InChI is InChI=1S/C31H30BrN3O2S/c1-21-9-5-8-14-27(21)35-30(36)29(38-31(35)34-25-12-3-2-4-13-25)18-22-15-16-28(26(32)17-22)37-20-24-11-7-6-10-23(24)19-33/h2-4,6-7,10-13,15-18,21,27,31,34H,5,8-9,14,20H2,1H3/b29-18-/t21-,27+,31?/m0/s1. The molecule has 2 aliphatic rings. The Kier molecular flexibility index (Phi) is 8.41. The monoisotopic (exact) mass is 587 g/mol. The number of hydrogen-bond acceptors (Lipinski definition) is 5. The van der Waals surface area contributed by atoms with Crippen LogP contribution < -0.4 is 10.1 Å². The summed E-state index contributed by atoms with van der Waals surface area (Å²) in [4.78, 5) is 16.6. The Hall–Kier alpha value is -3.21. The summed E-state index contributed by atoms with van der Waals surface area (Å²) in [5, 5.41) is 12.9. The maximum atomic E-state index is 13.8. The number of nitrogens with one attached hydrogen (secondary N) is 1. The van der Waals surface area contributed by atoms with Gasteiger partial charge in [-0.25, -0.2) is 0 Å². The number of nitriles is 1. The Labute approximate surface area is 237 Å². The van der Waals surface area contributed by atoms with E-state index >= 15 is 0 Å². The summed E-state index contributed by atoms with van der Waals surface area (Å²) >= 11 is 5.21. The second-order valence-corrected chi connectivity index (χ2v) is 11.8. The minimum absolute atomic E-state index is 0.0896. The Morgan fingerprint density at radius 3 is 2.63 bits per heavy atom. The Morgan fingerprint density at radius 2 is 1.87 bits per heavy atom. The largest absolute Gasteiger partial charge is 0.488 e. The first kappa shape index (κ1) is 26.4. The van der Waals surface area contributed by atoms with Gasteiger partial charge in [0.15, 0.2) is 5.50 Å². The molecule has 1 saturated heterocycles. The van der Waals surface area contributed by atoms with Gasteiger partial charge in [-0.15, -0.1) is 0 Å². The molecule has 3 aromatic rings. The molecule has 7 heteroatoms. The van der Waals surface area contributed by atoms with E-state index in [1.54, 1.807) is 17.8 Å². The van der Waals surface area contributed by atoms with Crippen LogP contribution in [0.15, 0.2) is 82.2 Å². The molecule has 1 amide bonds. The molecular weight excluding hydrogens is 558 g/mol. The van der Waals surface area contributed by atoms with Gasteiger partial charge in [-0.05, 0) is 76.7 Å². The first-order valence-electron chi connectivity index (χ1n) is 13.0. The highest BCUT2D eigenvalue weighted by molar-refractivity contribution is 9.10. The van der Waals surface area contributed by atoms with Crippen molar-refractivity contribution in [1.29, 1.82) is 5.26 Å². The lowest BCUT2D eigenvalue weighted by Gasteiger charge is -2.39. The molecule has 2 fully saturated rings. The van der Waals surface area contributed by atoms with Crippen LogP contribution in [-0.4, -0.2) is 22.3 Å². The van der Waals surface area contributed by atoms with Gasteiger partial charge in [0.25, 0.3) is 5.91 Å². The van der Waals surface area contributed by atoms with Gasteiger partial charge < -0.3 is 15.0 Å². The highest BCUT2D eigenvalue weighted by Gasteiger charge is 2.42. The van der Waals surface area contributed by atoms with Crippen molar-refractivity contribution in [1.82, 2.24) is 4.90 Å². The fourth-order valence-corrected chi connectivity index (χ4v) is 6.88. The van der Waals surface area contributed by atoms with Crippen molar-refractivity contribution in [2.75, 3.05) is 5.32 Å². The molecule has 3 atom stereocenters. The van der Waals surface area contributed by atoms with Gasteiger partial charge in [0.05, 0.1) is 21.0 Å². The van der Waals surface area contributed by atoms with Crippen LogP contribution in [0.4, 0.5) is 5.69 Å². The third-order valence-corrected chi connectivity index (χ3v) is 8.93. The van der Waals surface area contributed by atoms with Crippen LogP contribution in [0.3, 0.4) is 0 Å². The van der Waals surface area contributed by atoms with Crippen molar-refractivity contribution in [3.8, 4) is 11.8 Å². The summed E-state index contributed by atoms with van der Waals surface area (Å²) < 4.78 is 6.79. The van der Waals surface area contributed by atoms with E-state index in [1.165, 1.54) is 6.42 Å². The third kappa shape index (κ3) is 5.92. The van der Waals surface area contributed by atoms with Gasteiger partial charge in [0, 0.05) is 17.3 Å². The molecular formula is C31H30BrN3O2S. The number of nitrogens with zero attached hydrogens (tertiary/aromatic N) is 2. The molecule has 0 spiro atoms. The first-order chi connectivity index (χ1) is 18.5. The van der Waals surface area contributed by atoms with Crippen molar-refractivity contribution < 1.29 is 9.53 Å². The van der Waals surface area contributed by atoms with Crippen LogP contribution in [-0.2, 0) is 11.4 Å². The number of rotatable bonds is 7. The minimum atomic E-state index is -0.145. The summed E-state index contributed by atoms with van der Waals surface area (Å²) in [6.45, 7) is 2.58. The topological polar surface area (TPSA) is 65.4 Å². The zero-order valence-corrected chi connectivity index (χ0v) is 23.7. The number of carbonyl (C=O) groups excluding carboxylic acids is 1. The summed E-state index contributed by atoms with van der Waals surface area (Å²) in [6, 6.07) is 25.8. The maximum Gasteiger partial charge on any atom is 0.262 e. The highest BCUT2D eigenvalue weighted by Crippen LogP contribution is 2.42. The first-order valence-corrected chi connectivity index (χ1v) is 14.6. The van der Waals surface area contributed by atoms with Crippen LogP contribution in [0.25, 0.3) is 6.08 Å². The van der Waals surface area contributed by atoms with Crippen LogP contribution in [0.1, 0.15) is 49.3 Å². The molecule has 3 aromatic carbocycles. The van der Waals surface area contributed by atoms with E-state index in [4.69, 9.17) is 4.74 Å². The highest BCUT2D eigenvalue weighted by atomic mass is 79.9. The van der Waals surface area contributed by atoms with Gasteiger partial charge in [-0.3, -0.25) is 4.79 Å². The summed E-state index contributed by atoms with van der Waals surface area (Å²) in [5.41, 5.74) is 3.24. The lowest BCUT2D eigenvalue weighted by molar-refractivity contribution is -0.129. The van der Waals surface area contributed by atoms with Gasteiger partial charge in [-0.1, -0.05) is 74.0 Å². The van der Waals surface area contributed by atoms with Crippen LogP contribution >= 0.6 is 27.7 Å². The van der Waals surface area contributed by atoms with Crippen LogP contribution in [0, 0.1) is 17.2 Å². The average Bonchev–Trinajstić information content (AvgIpc) is 3.23. The summed E-state index contributed by atoms with van der Waals surface area (Å²) in [7, 11) is 0. The number of benzene rings is 3. The van der Waals surface area contributed by atoms with E-state index in [0.29, 0.717) is 23.8 Å². The van der Waals surface area contributed by atoms with Crippen LogP contribution in [0.5, 0.6) is 5.75 Å². The zero-order chi connectivity index (χ0) is 26.5. The van der Waals surface area contributed by atoms with Gasteiger partial charge in [-0.2, -0.15) is 5.26 Å². The van der Waals surface area contributed by atoms with Gasteiger partial charge >= 0.3 is 0 Å². The molecule has 0 radical (unpaired) electrons. The Morgan fingerprint density at radius 1 is 1.11 bits per heavy atom. The number of halogens is 1. The van der Waals surface area contributed by atoms with Crippen LogP contribution in [0.2, 0.25) is 0 Å². The van der Waals surface area contributed by atoms with Crippen molar-refractivity contribution in [3.05, 3.63) is 98.9 Å². The molecule has 0 aromatic heterocycles. The molecule has 5 rings (SSSR count). The normalized spacial score (nSPS) is 22.3. The quantitative estimate of drug-likeness (QED) is 0.286. The predicted octanol–water partition coefficient (Wildman–Crippen LogP) is 7.79. The van der Waals surface area contributed by atoms with Crippen molar-refractivity contribution in [2.24, 2.45) is 5.92 Å². The fourth-order valence-electron chi connectivity index (χ4n) is 5.15. The minimum Gasteiger partial charge on any atom is -0.488 e. The lowest BCUT2D eigenvalue weighted by atomic mass is 9.85.